The summed E-state index contributed by atoms with van der Waals surface area (Å²) in [4.78, 5) is 29.8. The second kappa shape index (κ2) is 16.3. The Morgan fingerprint density at radius 2 is 1.50 bits per heavy atom. The van der Waals surface area contributed by atoms with Gasteiger partial charge in [-0.15, -0.1) is 0 Å². The number of halogens is 1. The number of nitrogens with one attached hydrogen (secondary N) is 1. The molecule has 2 amide bonds. The van der Waals surface area contributed by atoms with Gasteiger partial charge in [-0.05, 0) is 67.8 Å². The van der Waals surface area contributed by atoms with E-state index in [0.29, 0.717) is 12.2 Å². The van der Waals surface area contributed by atoms with Crippen LogP contribution in [-0.2, 0) is 32.6 Å². The molecule has 48 heavy (non-hydrogen) atoms. The van der Waals surface area contributed by atoms with Gasteiger partial charge in [0.1, 0.15) is 18.4 Å². The van der Waals surface area contributed by atoms with E-state index < -0.39 is 34.3 Å². The minimum absolute atomic E-state index is 0.0399. The van der Waals surface area contributed by atoms with Crippen LogP contribution in [0.2, 0.25) is 0 Å². The van der Waals surface area contributed by atoms with Crippen LogP contribution >= 0.6 is 0 Å². The highest BCUT2D eigenvalue weighted by molar-refractivity contribution is 7.92. The van der Waals surface area contributed by atoms with Crippen LogP contribution < -0.4 is 19.1 Å². The van der Waals surface area contributed by atoms with Crippen LogP contribution in [0.15, 0.2) is 102 Å². The number of nitrogens with zero attached hydrogens (tertiary/aromatic N) is 2. The normalized spacial score (nSPS) is 12.5. The number of methoxy groups -OCH3 is 2. The van der Waals surface area contributed by atoms with Crippen molar-refractivity contribution in [3.8, 4) is 11.5 Å². The molecule has 0 saturated carbocycles. The van der Waals surface area contributed by atoms with Gasteiger partial charge in [-0.3, -0.25) is 13.9 Å². The molecule has 0 aliphatic rings. The average Bonchev–Trinajstić information content (AvgIpc) is 3.09. The third kappa shape index (κ3) is 8.92. The molecule has 4 aromatic rings. The topological polar surface area (TPSA) is 105 Å². The van der Waals surface area contributed by atoms with Crippen molar-refractivity contribution in [1.82, 2.24) is 10.2 Å². The van der Waals surface area contributed by atoms with E-state index in [1.165, 1.54) is 49.5 Å². The van der Waals surface area contributed by atoms with Gasteiger partial charge in [0.15, 0.2) is 11.5 Å². The number of sulfonamides is 1. The fourth-order valence-corrected chi connectivity index (χ4v) is 6.56. The Labute approximate surface area is 282 Å². The fourth-order valence-electron chi connectivity index (χ4n) is 5.13. The Morgan fingerprint density at radius 1 is 0.854 bits per heavy atom. The van der Waals surface area contributed by atoms with Crippen LogP contribution in [0.4, 0.5) is 10.1 Å². The largest absolute Gasteiger partial charge is 0.493 e. The lowest BCUT2D eigenvalue weighted by Gasteiger charge is -2.34. The lowest BCUT2D eigenvalue weighted by atomic mass is 10.0. The number of benzene rings is 4. The Bertz CT molecular complexity index is 1780. The number of carbonyl (C=O) groups excluding carboxylic acids is 2. The van der Waals surface area contributed by atoms with Crippen LogP contribution in [0.1, 0.15) is 37.0 Å². The summed E-state index contributed by atoms with van der Waals surface area (Å²) in [6.45, 7) is 5.15. The first-order valence-electron chi connectivity index (χ1n) is 15.7. The van der Waals surface area contributed by atoms with Crippen LogP contribution in [0, 0.1) is 12.7 Å². The van der Waals surface area contributed by atoms with Gasteiger partial charge in [0, 0.05) is 25.1 Å². The smallest absolute Gasteiger partial charge is 0.264 e. The Balaban J connectivity index is 1.82. The van der Waals surface area contributed by atoms with Crippen LogP contribution in [0.5, 0.6) is 11.5 Å². The quantitative estimate of drug-likeness (QED) is 0.168. The maximum Gasteiger partial charge on any atom is 0.264 e. The van der Waals surface area contributed by atoms with Crippen molar-refractivity contribution in [1.29, 1.82) is 0 Å². The van der Waals surface area contributed by atoms with Crippen LogP contribution in [-0.4, -0.2) is 58.0 Å². The Hall–Kier alpha value is -4.90. The van der Waals surface area contributed by atoms with Gasteiger partial charge in [0.25, 0.3) is 10.0 Å². The molecule has 0 aliphatic heterocycles. The standard InChI is InChI=1S/C37H42FN3O6S/c1-6-27(3)39-37(43)33(22-28-10-8-7-9-11-28)40(24-29-14-12-26(2)13-15-29)36(42)25-41(31-18-16-30(38)17-19-31)48(44,45)32-20-21-34(46-4)35(23-32)47-5/h7-21,23,27,33H,6,22,24-25H2,1-5H3,(H,39,43)/t27-,33+/m1/s1. The predicted molar refractivity (Wildman–Crippen MR) is 184 cm³/mol. The summed E-state index contributed by atoms with van der Waals surface area (Å²) >= 11 is 0. The van der Waals surface area contributed by atoms with Crippen molar-refractivity contribution in [3.05, 3.63) is 120 Å². The number of aryl methyl sites for hydroxylation is 1. The number of anilines is 1. The molecule has 0 spiro atoms. The highest BCUT2D eigenvalue weighted by Crippen LogP contribution is 2.32. The molecule has 0 heterocycles. The average molecular weight is 676 g/mol. The molecule has 0 unspecified atom stereocenters. The molecule has 4 aromatic carbocycles. The van der Waals surface area contributed by atoms with E-state index in [1.807, 2.05) is 75.4 Å². The van der Waals surface area contributed by atoms with E-state index in [2.05, 4.69) is 5.32 Å². The van der Waals surface area contributed by atoms with Crippen molar-refractivity contribution >= 4 is 27.5 Å². The van der Waals surface area contributed by atoms with E-state index in [0.717, 1.165) is 33.1 Å². The van der Waals surface area contributed by atoms with Gasteiger partial charge in [-0.2, -0.15) is 0 Å². The van der Waals surface area contributed by atoms with Gasteiger partial charge in [-0.25, -0.2) is 12.8 Å². The molecule has 0 radical (unpaired) electrons. The summed E-state index contributed by atoms with van der Waals surface area (Å²) in [6, 6.07) is 24.7. The van der Waals surface area contributed by atoms with Crippen molar-refractivity contribution in [2.24, 2.45) is 0 Å². The maximum atomic E-state index is 14.6. The number of rotatable bonds is 15. The van der Waals surface area contributed by atoms with E-state index in [-0.39, 0.29) is 41.2 Å². The highest BCUT2D eigenvalue weighted by atomic mass is 32.2. The lowest BCUT2D eigenvalue weighted by Crippen LogP contribution is -2.54. The SMILES string of the molecule is CC[C@@H](C)NC(=O)[C@H](Cc1ccccc1)N(Cc1ccc(C)cc1)C(=O)CN(c1ccc(F)cc1)S(=O)(=O)c1ccc(OC)c(OC)c1. The molecule has 2 atom stereocenters. The van der Waals surface area contributed by atoms with Crippen molar-refractivity contribution < 1.29 is 31.9 Å². The number of hydrogen-bond acceptors (Lipinski definition) is 6. The minimum atomic E-state index is -4.43. The molecular weight excluding hydrogens is 633 g/mol. The van der Waals surface area contributed by atoms with Gasteiger partial charge < -0.3 is 19.7 Å². The van der Waals surface area contributed by atoms with E-state index >= 15 is 0 Å². The Morgan fingerprint density at radius 3 is 2.10 bits per heavy atom. The first-order valence-corrected chi connectivity index (χ1v) is 17.1. The maximum absolute atomic E-state index is 14.6. The third-order valence-electron chi connectivity index (χ3n) is 8.08. The van der Waals surface area contributed by atoms with Crippen LogP contribution in [0.25, 0.3) is 0 Å². The highest BCUT2D eigenvalue weighted by Gasteiger charge is 2.35. The molecular formula is C37H42FN3O6S. The molecule has 11 heteroatoms. The van der Waals surface area contributed by atoms with Crippen molar-refractivity contribution in [2.45, 2.75) is 57.1 Å². The molecule has 254 valence electrons. The summed E-state index contributed by atoms with van der Waals surface area (Å²) in [5, 5.41) is 3.02. The summed E-state index contributed by atoms with van der Waals surface area (Å²) in [5.74, 6) is -1.05. The zero-order chi connectivity index (χ0) is 34.8. The summed E-state index contributed by atoms with van der Waals surface area (Å²) in [7, 11) is -1.62. The summed E-state index contributed by atoms with van der Waals surface area (Å²) in [5.41, 5.74) is 2.69. The number of ether oxygens (including phenoxy) is 2. The summed E-state index contributed by atoms with van der Waals surface area (Å²) in [6.07, 6.45) is 0.872. The minimum Gasteiger partial charge on any atom is -0.493 e. The second-order valence-electron chi connectivity index (χ2n) is 11.5. The Kier molecular flexibility index (Phi) is 12.2. The molecule has 0 aromatic heterocycles. The molecule has 0 saturated heterocycles. The van der Waals surface area contributed by atoms with Gasteiger partial charge >= 0.3 is 0 Å². The zero-order valence-corrected chi connectivity index (χ0v) is 28.7. The lowest BCUT2D eigenvalue weighted by molar-refractivity contribution is -0.140. The fraction of sp³-hybridized carbons (Fsp3) is 0.297. The van der Waals surface area contributed by atoms with Gasteiger partial charge in [-0.1, -0.05) is 67.1 Å². The molecule has 1 N–H and O–H groups in total. The van der Waals surface area contributed by atoms with Gasteiger partial charge in [0.05, 0.1) is 24.8 Å². The second-order valence-corrected chi connectivity index (χ2v) is 13.4. The molecule has 4 rings (SSSR count). The zero-order valence-electron chi connectivity index (χ0n) is 27.9. The van der Waals surface area contributed by atoms with E-state index in [4.69, 9.17) is 9.47 Å². The molecule has 9 nitrogen and oxygen atoms in total. The number of carbonyl (C=O) groups is 2. The first kappa shape index (κ1) is 35.9. The van der Waals surface area contributed by atoms with Gasteiger partial charge in [0.2, 0.25) is 11.8 Å². The third-order valence-corrected chi connectivity index (χ3v) is 9.85. The molecule has 0 fully saturated rings. The number of hydrogen-bond donors (Lipinski definition) is 1. The predicted octanol–water partition coefficient (Wildman–Crippen LogP) is 5.90. The van der Waals surface area contributed by atoms with E-state index in [9.17, 15) is 22.4 Å². The molecule has 0 aliphatic carbocycles. The molecule has 0 bridgehead atoms. The van der Waals surface area contributed by atoms with Crippen molar-refractivity contribution in [3.63, 3.8) is 0 Å². The van der Waals surface area contributed by atoms with Crippen LogP contribution in [0.3, 0.4) is 0 Å². The summed E-state index contributed by atoms with van der Waals surface area (Å²) < 4.78 is 54.2. The van der Waals surface area contributed by atoms with E-state index in [1.54, 1.807) is 0 Å². The van der Waals surface area contributed by atoms with Crippen molar-refractivity contribution in [2.75, 3.05) is 25.1 Å². The monoisotopic (exact) mass is 675 g/mol. The number of amides is 2. The first-order chi connectivity index (χ1) is 23.0.